The summed E-state index contributed by atoms with van der Waals surface area (Å²) >= 11 is 0. The molecule has 0 saturated heterocycles. The normalized spacial score (nSPS) is 10.1. The van der Waals surface area contributed by atoms with Crippen molar-refractivity contribution in [2.24, 2.45) is 0 Å². The van der Waals surface area contributed by atoms with Crippen LogP contribution in [0.15, 0.2) is 28.7 Å². The zero-order valence-corrected chi connectivity index (χ0v) is 10.1. The quantitative estimate of drug-likeness (QED) is 0.888. The number of nitrogens with one attached hydrogen (secondary N) is 1. The van der Waals surface area contributed by atoms with Gasteiger partial charge in [-0.15, -0.1) is 5.10 Å². The van der Waals surface area contributed by atoms with Gasteiger partial charge in [0.2, 0.25) is 11.8 Å². The molecule has 0 aliphatic carbocycles. The van der Waals surface area contributed by atoms with E-state index < -0.39 is 0 Å². The highest BCUT2D eigenvalue weighted by atomic mass is 16.5. The smallest absolute Gasteiger partial charge is 0.322 e. The number of hydrogen-bond acceptors (Lipinski definition) is 5. The number of aromatic nitrogens is 2. The van der Waals surface area contributed by atoms with Crippen LogP contribution in [0, 0.1) is 0 Å². The number of carbonyl (C=O) groups is 1. The van der Waals surface area contributed by atoms with E-state index in [2.05, 4.69) is 15.5 Å². The number of nitrogens with zero attached hydrogens (tertiary/aromatic N) is 2. The molecule has 1 N–H and O–H groups in total. The molecule has 2 aromatic rings. The molecule has 0 fully saturated rings. The largest absolute Gasteiger partial charge is 0.497 e. The zero-order chi connectivity index (χ0) is 13.0. The van der Waals surface area contributed by atoms with Crippen molar-refractivity contribution in [3.8, 4) is 5.75 Å². The van der Waals surface area contributed by atoms with E-state index in [0.29, 0.717) is 12.3 Å². The van der Waals surface area contributed by atoms with Gasteiger partial charge >= 0.3 is 6.01 Å². The number of ether oxygens (including phenoxy) is 1. The lowest BCUT2D eigenvalue weighted by atomic mass is 10.1. The molecule has 0 atom stereocenters. The van der Waals surface area contributed by atoms with Gasteiger partial charge in [-0.05, 0) is 17.7 Å². The monoisotopic (exact) mass is 247 g/mol. The van der Waals surface area contributed by atoms with Crippen LogP contribution in [0.2, 0.25) is 0 Å². The number of carbonyl (C=O) groups excluding carboxylic acids is 1. The minimum atomic E-state index is -0.241. The van der Waals surface area contributed by atoms with Gasteiger partial charge < -0.3 is 9.15 Å². The average molecular weight is 247 g/mol. The van der Waals surface area contributed by atoms with Crippen molar-refractivity contribution in [1.82, 2.24) is 10.2 Å². The third kappa shape index (κ3) is 3.07. The predicted octanol–water partition coefficient (Wildman–Crippen LogP) is 1.63. The fourth-order valence-electron chi connectivity index (χ4n) is 1.44. The van der Waals surface area contributed by atoms with Crippen molar-refractivity contribution in [3.05, 3.63) is 35.7 Å². The molecule has 6 heteroatoms. The Morgan fingerprint density at radius 3 is 2.67 bits per heavy atom. The number of hydrogen-bond donors (Lipinski definition) is 1. The Labute approximate surface area is 104 Å². The Morgan fingerprint density at radius 1 is 1.33 bits per heavy atom. The van der Waals surface area contributed by atoms with E-state index in [4.69, 9.17) is 9.15 Å². The van der Waals surface area contributed by atoms with Gasteiger partial charge in [0.05, 0.1) is 13.5 Å². The van der Waals surface area contributed by atoms with Crippen LogP contribution in [0.5, 0.6) is 5.75 Å². The summed E-state index contributed by atoms with van der Waals surface area (Å²) in [5.41, 5.74) is 1.02. The minimum Gasteiger partial charge on any atom is -0.497 e. The molecule has 1 aromatic carbocycles. The topological polar surface area (TPSA) is 77.3 Å². The Balaban J connectivity index is 2.03. The molecule has 0 radical (unpaired) electrons. The van der Waals surface area contributed by atoms with Crippen LogP contribution in [-0.4, -0.2) is 23.2 Å². The van der Waals surface area contributed by atoms with E-state index in [1.54, 1.807) is 7.11 Å². The number of methoxy groups -OCH3 is 1. The van der Waals surface area contributed by atoms with Crippen molar-refractivity contribution in [2.75, 3.05) is 12.4 Å². The number of amides is 1. The highest BCUT2D eigenvalue weighted by Gasteiger charge is 2.07. The third-order valence-electron chi connectivity index (χ3n) is 2.26. The van der Waals surface area contributed by atoms with Gasteiger partial charge in [-0.25, -0.2) is 0 Å². The first kappa shape index (κ1) is 12.1. The summed E-state index contributed by atoms with van der Waals surface area (Å²) in [5, 5.41) is 9.99. The number of rotatable bonds is 4. The van der Waals surface area contributed by atoms with E-state index in [1.807, 2.05) is 24.3 Å². The minimum absolute atomic E-state index is 0.117. The molecule has 1 amide bonds. The average Bonchev–Trinajstić information content (AvgIpc) is 2.76. The van der Waals surface area contributed by atoms with Crippen LogP contribution < -0.4 is 10.1 Å². The lowest BCUT2D eigenvalue weighted by Gasteiger charge is -2.00. The standard InChI is InChI=1S/C12H13N3O3/c1-8(16)13-12-15-14-11(18-12)7-9-3-5-10(17-2)6-4-9/h3-6H,7H2,1-2H3,(H,13,15,16). The fraction of sp³-hybridized carbons (Fsp3) is 0.250. The van der Waals surface area contributed by atoms with Gasteiger partial charge in [0.1, 0.15) is 5.75 Å². The molecule has 94 valence electrons. The highest BCUT2D eigenvalue weighted by molar-refractivity contribution is 5.86. The number of anilines is 1. The van der Waals surface area contributed by atoms with Gasteiger partial charge in [-0.1, -0.05) is 17.2 Å². The Bertz CT molecular complexity index is 534. The van der Waals surface area contributed by atoms with Gasteiger partial charge in [0.15, 0.2) is 0 Å². The molecule has 0 aliphatic heterocycles. The first-order chi connectivity index (χ1) is 8.67. The van der Waals surface area contributed by atoms with E-state index in [0.717, 1.165) is 11.3 Å². The summed E-state index contributed by atoms with van der Waals surface area (Å²) in [6.07, 6.45) is 0.510. The van der Waals surface area contributed by atoms with Crippen molar-refractivity contribution < 1.29 is 13.9 Å². The van der Waals surface area contributed by atoms with Gasteiger partial charge in [-0.2, -0.15) is 0 Å². The Kier molecular flexibility index (Phi) is 3.57. The van der Waals surface area contributed by atoms with Crippen LogP contribution in [-0.2, 0) is 11.2 Å². The molecule has 0 bridgehead atoms. The van der Waals surface area contributed by atoms with Gasteiger partial charge in [0.25, 0.3) is 0 Å². The maximum atomic E-state index is 10.8. The maximum Gasteiger partial charge on any atom is 0.322 e. The molecule has 0 aliphatic rings. The zero-order valence-electron chi connectivity index (χ0n) is 10.1. The summed E-state index contributed by atoms with van der Waals surface area (Å²) < 4.78 is 10.3. The van der Waals surface area contributed by atoms with Crippen LogP contribution in [0.25, 0.3) is 0 Å². The van der Waals surface area contributed by atoms with E-state index >= 15 is 0 Å². The molecule has 0 spiro atoms. The van der Waals surface area contributed by atoms with Crippen LogP contribution >= 0.6 is 0 Å². The predicted molar refractivity (Wildman–Crippen MR) is 64.4 cm³/mol. The van der Waals surface area contributed by atoms with E-state index in [9.17, 15) is 4.79 Å². The third-order valence-corrected chi connectivity index (χ3v) is 2.26. The summed E-state index contributed by atoms with van der Waals surface area (Å²) in [5.74, 6) is 1.00. The van der Waals surface area contributed by atoms with Gasteiger partial charge in [0, 0.05) is 6.92 Å². The molecular formula is C12H13N3O3. The fourth-order valence-corrected chi connectivity index (χ4v) is 1.44. The molecule has 6 nitrogen and oxygen atoms in total. The van der Waals surface area contributed by atoms with Crippen LogP contribution in [0.3, 0.4) is 0 Å². The summed E-state index contributed by atoms with van der Waals surface area (Å²) in [6.45, 7) is 1.38. The van der Waals surface area contributed by atoms with Gasteiger partial charge in [-0.3, -0.25) is 10.1 Å². The second-order valence-electron chi connectivity index (χ2n) is 3.71. The lowest BCUT2D eigenvalue weighted by Crippen LogP contribution is -2.05. The van der Waals surface area contributed by atoms with Crippen LogP contribution in [0.4, 0.5) is 6.01 Å². The number of benzene rings is 1. The molecular weight excluding hydrogens is 234 g/mol. The highest BCUT2D eigenvalue weighted by Crippen LogP contribution is 2.15. The lowest BCUT2D eigenvalue weighted by molar-refractivity contribution is -0.114. The Morgan fingerprint density at radius 2 is 2.06 bits per heavy atom. The summed E-state index contributed by atoms with van der Waals surface area (Å²) in [6, 6.07) is 7.68. The second kappa shape index (κ2) is 5.31. The summed E-state index contributed by atoms with van der Waals surface area (Å²) in [7, 11) is 1.62. The maximum absolute atomic E-state index is 10.8. The van der Waals surface area contributed by atoms with E-state index in [-0.39, 0.29) is 11.9 Å². The van der Waals surface area contributed by atoms with Crippen molar-refractivity contribution in [1.29, 1.82) is 0 Å². The van der Waals surface area contributed by atoms with Crippen LogP contribution in [0.1, 0.15) is 18.4 Å². The second-order valence-corrected chi connectivity index (χ2v) is 3.71. The molecule has 1 heterocycles. The molecule has 0 saturated carbocycles. The molecule has 18 heavy (non-hydrogen) atoms. The van der Waals surface area contributed by atoms with E-state index in [1.165, 1.54) is 6.92 Å². The van der Waals surface area contributed by atoms with Crippen molar-refractivity contribution in [2.45, 2.75) is 13.3 Å². The summed E-state index contributed by atoms with van der Waals surface area (Å²) in [4.78, 5) is 10.8. The van der Waals surface area contributed by atoms with Crippen molar-refractivity contribution >= 4 is 11.9 Å². The molecule has 0 unspecified atom stereocenters. The molecule has 1 aromatic heterocycles. The Hall–Kier alpha value is -2.37. The molecule has 2 rings (SSSR count). The first-order valence-electron chi connectivity index (χ1n) is 5.40. The first-order valence-corrected chi connectivity index (χ1v) is 5.40. The SMILES string of the molecule is COc1ccc(Cc2nnc(NC(C)=O)o2)cc1. The van der Waals surface area contributed by atoms with Crippen molar-refractivity contribution in [3.63, 3.8) is 0 Å².